The minimum Gasteiger partial charge on any atom is -0.364 e. The summed E-state index contributed by atoms with van der Waals surface area (Å²) in [5, 5.41) is 0.755. The summed E-state index contributed by atoms with van der Waals surface area (Å²) < 4.78 is 28.0. The number of rotatable bonds is 5. The van der Waals surface area contributed by atoms with E-state index in [1.165, 1.54) is 24.5 Å². The number of fused-ring (bicyclic) bond motifs is 1. The van der Waals surface area contributed by atoms with E-state index in [2.05, 4.69) is 17.1 Å². The van der Waals surface area contributed by atoms with Gasteiger partial charge in [0.2, 0.25) is 9.84 Å². The molecule has 0 atom stereocenters. The molecule has 31 heavy (non-hydrogen) atoms. The summed E-state index contributed by atoms with van der Waals surface area (Å²) >= 11 is 0. The molecular formula is C24H23N3O3S. The summed E-state index contributed by atoms with van der Waals surface area (Å²) in [6.45, 7) is 6.52. The fourth-order valence-electron chi connectivity index (χ4n) is 4.05. The van der Waals surface area contributed by atoms with Crippen molar-refractivity contribution in [3.05, 3.63) is 88.9 Å². The van der Waals surface area contributed by atoms with Gasteiger partial charge in [0, 0.05) is 24.3 Å². The maximum absolute atomic E-state index is 13.1. The molecule has 1 amide bonds. The van der Waals surface area contributed by atoms with Crippen LogP contribution in [-0.4, -0.2) is 23.9 Å². The Morgan fingerprint density at radius 3 is 2.19 bits per heavy atom. The van der Waals surface area contributed by atoms with Crippen molar-refractivity contribution in [3.8, 4) is 0 Å². The van der Waals surface area contributed by atoms with Gasteiger partial charge in [0.25, 0.3) is 5.91 Å². The lowest BCUT2D eigenvalue weighted by Crippen LogP contribution is -2.18. The van der Waals surface area contributed by atoms with Crippen LogP contribution in [0.3, 0.4) is 0 Å². The molecule has 0 saturated carbocycles. The number of sulfone groups is 1. The fraction of sp³-hybridized carbons (Fsp3) is 0.167. The minimum absolute atomic E-state index is 0.152. The fourth-order valence-corrected chi connectivity index (χ4v) is 5.31. The normalized spacial score (nSPS) is 11.7. The standard InChI is InChI=1S/C24H23N3O3S/c1-15-10-16(2)21(17(3)11-15)14-27-22-13-20(5-4-18(22)12-23(27)24(25)28)31(29,30)19-6-8-26-9-7-19/h4-13H,14H2,1-3H3,(H2,25,28). The van der Waals surface area contributed by atoms with Gasteiger partial charge in [-0.3, -0.25) is 9.78 Å². The van der Waals surface area contributed by atoms with Crippen molar-refractivity contribution in [2.45, 2.75) is 37.1 Å². The van der Waals surface area contributed by atoms with Gasteiger partial charge in [-0.25, -0.2) is 8.42 Å². The van der Waals surface area contributed by atoms with Crippen LogP contribution in [0.15, 0.2) is 70.7 Å². The average Bonchev–Trinajstić information content (AvgIpc) is 3.09. The quantitative estimate of drug-likeness (QED) is 0.516. The van der Waals surface area contributed by atoms with E-state index in [1.807, 2.05) is 20.8 Å². The highest BCUT2D eigenvalue weighted by molar-refractivity contribution is 7.91. The van der Waals surface area contributed by atoms with Crippen LogP contribution in [0.4, 0.5) is 0 Å². The van der Waals surface area contributed by atoms with E-state index in [1.54, 1.807) is 28.8 Å². The molecule has 2 N–H and O–H groups in total. The van der Waals surface area contributed by atoms with Gasteiger partial charge in [-0.2, -0.15) is 0 Å². The van der Waals surface area contributed by atoms with E-state index in [-0.39, 0.29) is 9.79 Å². The number of carbonyl (C=O) groups is 1. The molecule has 0 radical (unpaired) electrons. The second-order valence-corrected chi connectivity index (χ2v) is 9.71. The third-order valence-corrected chi connectivity index (χ3v) is 7.32. The van der Waals surface area contributed by atoms with Gasteiger partial charge >= 0.3 is 0 Å². The minimum atomic E-state index is -3.72. The Labute approximate surface area is 181 Å². The molecule has 6 nitrogen and oxygen atoms in total. The summed E-state index contributed by atoms with van der Waals surface area (Å²) in [4.78, 5) is 16.4. The van der Waals surface area contributed by atoms with Gasteiger partial charge in [0.1, 0.15) is 5.69 Å². The Hall–Kier alpha value is -3.45. The predicted molar refractivity (Wildman–Crippen MR) is 120 cm³/mol. The van der Waals surface area contributed by atoms with E-state index in [0.717, 1.165) is 27.6 Å². The molecule has 0 aliphatic rings. The summed E-state index contributed by atoms with van der Waals surface area (Å²) in [5.41, 5.74) is 11.1. The third-order valence-electron chi connectivity index (χ3n) is 5.56. The number of primary amides is 1. The average molecular weight is 434 g/mol. The zero-order valence-electron chi connectivity index (χ0n) is 17.6. The summed E-state index contributed by atoms with van der Waals surface area (Å²) in [6.07, 6.45) is 2.89. The van der Waals surface area contributed by atoms with Crippen LogP contribution in [0.5, 0.6) is 0 Å². The Balaban J connectivity index is 1.91. The van der Waals surface area contributed by atoms with Crippen molar-refractivity contribution in [1.29, 1.82) is 0 Å². The van der Waals surface area contributed by atoms with Crippen LogP contribution in [0.25, 0.3) is 10.9 Å². The van der Waals surface area contributed by atoms with Gasteiger partial charge in [0.15, 0.2) is 0 Å². The predicted octanol–water partition coefficient (Wildman–Crippen LogP) is 3.94. The Kier molecular flexibility index (Phi) is 5.15. The Morgan fingerprint density at radius 2 is 1.58 bits per heavy atom. The summed E-state index contributed by atoms with van der Waals surface area (Å²) in [6, 6.07) is 13.7. The van der Waals surface area contributed by atoms with Crippen LogP contribution in [-0.2, 0) is 16.4 Å². The highest BCUT2D eigenvalue weighted by atomic mass is 32.2. The van der Waals surface area contributed by atoms with Crippen molar-refractivity contribution in [2.24, 2.45) is 5.73 Å². The molecule has 2 heterocycles. The van der Waals surface area contributed by atoms with Crippen molar-refractivity contribution in [1.82, 2.24) is 9.55 Å². The third kappa shape index (κ3) is 3.72. The number of aromatic nitrogens is 2. The molecule has 0 saturated heterocycles. The molecule has 0 fully saturated rings. The molecular weight excluding hydrogens is 410 g/mol. The molecule has 0 aliphatic heterocycles. The van der Waals surface area contributed by atoms with E-state index >= 15 is 0 Å². The van der Waals surface area contributed by atoms with Gasteiger partial charge in [-0.1, -0.05) is 23.8 Å². The zero-order valence-corrected chi connectivity index (χ0v) is 18.4. The first kappa shape index (κ1) is 20.8. The van der Waals surface area contributed by atoms with Gasteiger partial charge in [-0.15, -0.1) is 0 Å². The zero-order chi connectivity index (χ0) is 22.3. The second kappa shape index (κ2) is 7.67. The Morgan fingerprint density at radius 1 is 0.935 bits per heavy atom. The number of aryl methyl sites for hydroxylation is 3. The van der Waals surface area contributed by atoms with Gasteiger partial charge in [-0.05, 0) is 67.8 Å². The van der Waals surface area contributed by atoms with Gasteiger partial charge in [0.05, 0.1) is 15.3 Å². The largest absolute Gasteiger partial charge is 0.364 e. The first-order valence-electron chi connectivity index (χ1n) is 9.83. The summed E-state index contributed by atoms with van der Waals surface area (Å²) in [7, 11) is -3.72. The highest BCUT2D eigenvalue weighted by Crippen LogP contribution is 2.29. The van der Waals surface area contributed by atoms with Crippen LogP contribution in [0, 0.1) is 20.8 Å². The van der Waals surface area contributed by atoms with Crippen molar-refractivity contribution in [2.75, 3.05) is 0 Å². The number of amides is 1. The maximum Gasteiger partial charge on any atom is 0.265 e. The molecule has 0 bridgehead atoms. The van der Waals surface area contributed by atoms with Crippen molar-refractivity contribution in [3.63, 3.8) is 0 Å². The number of benzene rings is 2. The number of pyridine rings is 1. The van der Waals surface area contributed by atoms with Gasteiger partial charge < -0.3 is 10.3 Å². The monoisotopic (exact) mass is 433 g/mol. The molecule has 158 valence electrons. The molecule has 2 aromatic heterocycles. The lowest BCUT2D eigenvalue weighted by molar-refractivity contribution is 0.0992. The number of nitrogens with zero attached hydrogens (tertiary/aromatic N) is 2. The molecule has 2 aromatic carbocycles. The molecule has 4 aromatic rings. The second-order valence-electron chi connectivity index (χ2n) is 7.76. The van der Waals surface area contributed by atoms with Crippen LogP contribution < -0.4 is 5.73 Å². The van der Waals surface area contributed by atoms with Crippen LogP contribution >= 0.6 is 0 Å². The topological polar surface area (TPSA) is 95.0 Å². The van der Waals surface area contributed by atoms with Crippen LogP contribution in [0.2, 0.25) is 0 Å². The van der Waals surface area contributed by atoms with Crippen molar-refractivity contribution >= 4 is 26.6 Å². The number of carbonyl (C=O) groups excluding carboxylic acids is 1. The highest BCUT2D eigenvalue weighted by Gasteiger charge is 2.21. The summed E-state index contributed by atoms with van der Waals surface area (Å²) in [5.74, 6) is -0.558. The molecule has 0 aliphatic carbocycles. The van der Waals surface area contributed by atoms with E-state index in [0.29, 0.717) is 17.8 Å². The first-order chi connectivity index (χ1) is 14.7. The van der Waals surface area contributed by atoms with Crippen molar-refractivity contribution < 1.29 is 13.2 Å². The SMILES string of the molecule is Cc1cc(C)c(Cn2c(C(N)=O)cc3ccc(S(=O)(=O)c4ccncc4)cc32)c(C)c1. The number of hydrogen-bond acceptors (Lipinski definition) is 4. The lowest BCUT2D eigenvalue weighted by Gasteiger charge is -2.15. The maximum atomic E-state index is 13.1. The Bertz CT molecular complexity index is 1400. The van der Waals surface area contributed by atoms with E-state index < -0.39 is 15.7 Å². The molecule has 7 heteroatoms. The van der Waals surface area contributed by atoms with E-state index in [4.69, 9.17) is 5.73 Å². The van der Waals surface area contributed by atoms with E-state index in [9.17, 15) is 13.2 Å². The number of hydrogen-bond donors (Lipinski definition) is 1. The lowest BCUT2D eigenvalue weighted by atomic mass is 9.99. The number of nitrogens with two attached hydrogens (primary N) is 1. The van der Waals surface area contributed by atoms with Crippen LogP contribution in [0.1, 0.15) is 32.7 Å². The molecule has 0 unspecified atom stereocenters. The smallest absolute Gasteiger partial charge is 0.265 e. The molecule has 0 spiro atoms. The first-order valence-corrected chi connectivity index (χ1v) is 11.3. The molecule has 4 rings (SSSR count).